The van der Waals surface area contributed by atoms with Crippen LogP contribution >= 0.6 is 11.8 Å². The molecule has 0 aliphatic heterocycles. The van der Waals surface area contributed by atoms with Gasteiger partial charge in [-0.1, -0.05) is 12.1 Å². The predicted octanol–water partition coefficient (Wildman–Crippen LogP) is -1.50. The van der Waals surface area contributed by atoms with Crippen LogP contribution in [0.15, 0.2) is 24.3 Å². The fourth-order valence-corrected chi connectivity index (χ4v) is 1.36. The normalized spacial score (nSPS) is 9.67. The molecule has 0 spiro atoms. The van der Waals surface area contributed by atoms with Gasteiger partial charge in [0.15, 0.2) is 0 Å². The number of hydrogen-bond donors (Lipinski definition) is 2. The van der Waals surface area contributed by atoms with Gasteiger partial charge < -0.3 is 29.0 Å². The molecule has 0 fully saturated rings. The van der Waals surface area contributed by atoms with Gasteiger partial charge in [-0.2, -0.15) is 10.3 Å². The Hall–Kier alpha value is -0.760. The quantitative estimate of drug-likeness (QED) is 0.380. The first kappa shape index (κ1) is 12.3. The number of fused-ring (bicyclic) bond motifs is 1. The smallest absolute Gasteiger partial charge is 0.412 e. The van der Waals surface area contributed by atoms with E-state index >= 15 is 0 Å². The molecule has 1 aromatic heterocycles. The number of imidazole rings is 1. The minimum atomic E-state index is 0. The van der Waals surface area contributed by atoms with Crippen LogP contribution in [-0.4, -0.2) is 21.4 Å². The van der Waals surface area contributed by atoms with E-state index in [1.807, 2.05) is 24.3 Å². The first-order valence-corrected chi connectivity index (χ1v) is 5.34. The molecule has 2 rings (SSSR count). The second kappa shape index (κ2) is 5.36. The van der Waals surface area contributed by atoms with Gasteiger partial charge in [0.25, 0.3) is 5.95 Å². The number of hydrogen-bond acceptors (Lipinski definition) is 2. The van der Waals surface area contributed by atoms with Crippen molar-refractivity contribution in [1.82, 2.24) is 15.4 Å². The minimum absolute atomic E-state index is 0. The van der Waals surface area contributed by atoms with E-state index in [2.05, 4.69) is 15.3 Å². The Kier molecular flexibility index (Phi) is 4.40. The number of halogens is 1. The van der Waals surface area contributed by atoms with Crippen molar-refractivity contribution in [2.24, 2.45) is 0 Å². The molecule has 1 heterocycles. The number of aromatic nitrogens is 2. The third-order valence-electron chi connectivity index (χ3n) is 1.81. The molecule has 0 amide bonds. The Morgan fingerprint density at radius 1 is 1.47 bits per heavy atom. The fourth-order valence-electron chi connectivity index (χ4n) is 1.16. The molecule has 0 bridgehead atoms. The molecular formula is C9H9IN4S. The van der Waals surface area contributed by atoms with Gasteiger partial charge in [-0.05, 0) is 30.2 Å². The standard InChI is InChI=1S/C9H9N4S.HI/c1-14-8(10)13-9-11-6-4-2-3-5-7(6)12-9;/h2-5H,1H3,(H2,11,12,13);1H/q+1;/p-1. The number of para-hydroxylation sites is 2. The number of nitrogens with zero attached hydrogens (tertiary/aromatic N) is 2. The van der Waals surface area contributed by atoms with E-state index in [0.717, 1.165) is 11.0 Å². The minimum Gasteiger partial charge on any atom is -1.00 e. The van der Waals surface area contributed by atoms with Crippen molar-refractivity contribution in [3.63, 3.8) is 0 Å². The van der Waals surface area contributed by atoms with Gasteiger partial charge in [0.2, 0.25) is 5.41 Å². The summed E-state index contributed by atoms with van der Waals surface area (Å²) in [5, 5.41) is 12.1. The molecule has 4 nitrogen and oxygen atoms in total. The first-order chi connectivity index (χ1) is 6.79. The van der Waals surface area contributed by atoms with Crippen molar-refractivity contribution < 1.29 is 24.0 Å². The number of nitrogens with one attached hydrogen (secondary N) is 2. The van der Waals surface area contributed by atoms with Crippen molar-refractivity contribution >= 4 is 33.9 Å². The van der Waals surface area contributed by atoms with E-state index < -0.39 is 0 Å². The second-order valence-corrected chi connectivity index (χ2v) is 3.53. The zero-order valence-corrected chi connectivity index (χ0v) is 11.0. The predicted molar refractivity (Wildman–Crippen MR) is 60.4 cm³/mol. The Bertz CT molecular complexity index is 435. The lowest BCUT2D eigenvalue weighted by Crippen LogP contribution is -3.00. The Balaban J connectivity index is 0.00000112. The van der Waals surface area contributed by atoms with Crippen molar-refractivity contribution in [1.29, 1.82) is 0 Å². The number of thioether (sulfide) groups is 1. The van der Waals surface area contributed by atoms with Crippen molar-refractivity contribution in [3.05, 3.63) is 24.3 Å². The molecular weight excluding hydrogens is 323 g/mol. The number of benzene rings is 1. The van der Waals surface area contributed by atoms with E-state index in [-0.39, 0.29) is 29.1 Å². The summed E-state index contributed by atoms with van der Waals surface area (Å²) in [5.74, 6) is 0.554. The lowest BCUT2D eigenvalue weighted by Gasteiger charge is -1.86. The van der Waals surface area contributed by atoms with Crippen LogP contribution in [0.5, 0.6) is 0 Å². The van der Waals surface area contributed by atoms with Crippen LogP contribution in [0.3, 0.4) is 0 Å². The lowest BCUT2D eigenvalue weighted by atomic mass is 10.3. The Morgan fingerprint density at radius 2 is 2.20 bits per heavy atom. The average molecular weight is 332 g/mol. The fraction of sp³-hybridized carbons (Fsp3) is 0.111. The molecule has 1 aromatic carbocycles. The maximum absolute atomic E-state index is 9.25. The number of H-pyrrole nitrogens is 1. The van der Waals surface area contributed by atoms with Crippen LogP contribution in [0, 0.1) is 0 Å². The maximum atomic E-state index is 9.25. The van der Waals surface area contributed by atoms with Crippen LogP contribution in [0.2, 0.25) is 0 Å². The summed E-state index contributed by atoms with van der Waals surface area (Å²) in [5.41, 5.74) is 1.83. The summed E-state index contributed by atoms with van der Waals surface area (Å²) in [4.78, 5) is 7.28. The summed E-state index contributed by atoms with van der Waals surface area (Å²) in [7, 11) is 0. The van der Waals surface area contributed by atoms with Gasteiger partial charge >= 0.3 is 5.17 Å². The van der Waals surface area contributed by atoms with E-state index in [4.69, 9.17) is 0 Å². The van der Waals surface area contributed by atoms with Crippen LogP contribution in [0.4, 0.5) is 5.95 Å². The number of rotatable bonds is 1. The lowest BCUT2D eigenvalue weighted by molar-refractivity contribution is -0.00000310. The zero-order valence-electron chi connectivity index (χ0n) is 7.99. The molecule has 2 radical (unpaired) electrons. The summed E-state index contributed by atoms with van der Waals surface area (Å²) < 4.78 is 0. The van der Waals surface area contributed by atoms with Gasteiger partial charge in [-0.3, -0.25) is 0 Å². The average Bonchev–Trinajstić information content (AvgIpc) is 2.59. The highest BCUT2D eigenvalue weighted by atomic mass is 127. The van der Waals surface area contributed by atoms with Gasteiger partial charge in [0, 0.05) is 0 Å². The molecule has 2 N–H and O–H groups in total. The number of anilines is 1. The monoisotopic (exact) mass is 332 g/mol. The topological polar surface area (TPSA) is 63.0 Å². The van der Waals surface area contributed by atoms with Crippen molar-refractivity contribution in [2.45, 2.75) is 0 Å². The summed E-state index contributed by atoms with van der Waals surface area (Å²) in [6, 6.07) is 7.70. The van der Waals surface area contributed by atoms with Gasteiger partial charge in [0.05, 0.1) is 11.0 Å². The molecule has 0 saturated carbocycles. The third-order valence-corrected chi connectivity index (χ3v) is 2.30. The Morgan fingerprint density at radius 3 is 2.87 bits per heavy atom. The van der Waals surface area contributed by atoms with Crippen LogP contribution in [-0.2, 0) is 0 Å². The molecule has 78 valence electrons. The van der Waals surface area contributed by atoms with Gasteiger partial charge in [0.1, 0.15) is 0 Å². The van der Waals surface area contributed by atoms with Gasteiger partial charge in [-0.25, -0.2) is 0 Å². The van der Waals surface area contributed by atoms with Crippen molar-refractivity contribution in [2.75, 3.05) is 11.6 Å². The highest BCUT2D eigenvalue weighted by Gasteiger charge is 2.11. The summed E-state index contributed by atoms with van der Waals surface area (Å²) in [6.07, 6.45) is 1.78. The third kappa shape index (κ3) is 2.85. The van der Waals surface area contributed by atoms with Crippen LogP contribution < -0.4 is 34.7 Å². The number of amidine groups is 1. The largest absolute Gasteiger partial charge is 1.00 e. The highest BCUT2D eigenvalue weighted by Crippen LogP contribution is 2.13. The molecule has 6 heteroatoms. The zero-order chi connectivity index (χ0) is 9.97. The first-order valence-electron chi connectivity index (χ1n) is 4.11. The second-order valence-electron chi connectivity index (χ2n) is 2.74. The SMILES string of the molecule is CSC(=[N+])Nc1nc2ccccc2[nH]1.[I-]. The van der Waals surface area contributed by atoms with E-state index in [1.165, 1.54) is 11.8 Å². The molecule has 0 aliphatic rings. The molecule has 15 heavy (non-hydrogen) atoms. The molecule has 0 saturated heterocycles. The van der Waals surface area contributed by atoms with Crippen molar-refractivity contribution in [3.8, 4) is 0 Å². The summed E-state index contributed by atoms with van der Waals surface area (Å²) >= 11 is 1.23. The molecule has 2 aromatic rings. The van der Waals surface area contributed by atoms with E-state index in [1.54, 1.807) is 6.26 Å². The maximum Gasteiger partial charge on any atom is 0.412 e. The molecule has 0 atom stereocenters. The van der Waals surface area contributed by atoms with Crippen LogP contribution in [0.25, 0.3) is 11.0 Å². The summed E-state index contributed by atoms with van der Waals surface area (Å²) in [6.45, 7) is 0. The van der Waals surface area contributed by atoms with Crippen LogP contribution in [0.1, 0.15) is 0 Å². The Labute approximate surface area is 109 Å². The van der Waals surface area contributed by atoms with E-state index in [9.17, 15) is 5.41 Å². The van der Waals surface area contributed by atoms with E-state index in [0.29, 0.717) is 5.95 Å². The van der Waals surface area contributed by atoms with Gasteiger partial charge in [-0.15, -0.1) is 0 Å². The molecule has 0 aliphatic carbocycles. The number of aromatic amines is 1. The highest BCUT2D eigenvalue weighted by molar-refractivity contribution is 8.13. The molecule has 0 unspecified atom stereocenters.